The quantitative estimate of drug-likeness (QED) is 0.815. The molecule has 2 rings (SSSR count). The molecule has 6 nitrogen and oxygen atoms in total. The Morgan fingerprint density at radius 2 is 1.95 bits per heavy atom. The fourth-order valence-corrected chi connectivity index (χ4v) is 2.04. The molecule has 0 unspecified atom stereocenters. The van der Waals surface area contributed by atoms with Gasteiger partial charge in [-0.05, 0) is 17.2 Å². The van der Waals surface area contributed by atoms with Gasteiger partial charge in [-0.25, -0.2) is 4.79 Å². The van der Waals surface area contributed by atoms with Crippen LogP contribution in [0.25, 0.3) is 0 Å². The smallest absolute Gasteiger partial charge is 0.355 e. The summed E-state index contributed by atoms with van der Waals surface area (Å²) in [6.07, 6.45) is 1.51. The van der Waals surface area contributed by atoms with Gasteiger partial charge in [0, 0.05) is 13.2 Å². The SMILES string of the molecule is Cn1cc(N)cc1C(=O)OCc1ccccc1CC(=O)O. The van der Waals surface area contributed by atoms with Crippen LogP contribution in [-0.2, 0) is 29.6 Å². The number of nitrogens with zero attached hydrogens (tertiary/aromatic N) is 1. The van der Waals surface area contributed by atoms with Gasteiger partial charge in [0.1, 0.15) is 12.3 Å². The first-order valence-electron chi connectivity index (χ1n) is 6.35. The minimum Gasteiger partial charge on any atom is -0.481 e. The van der Waals surface area contributed by atoms with Crippen molar-refractivity contribution >= 4 is 17.6 Å². The second kappa shape index (κ2) is 6.13. The maximum Gasteiger partial charge on any atom is 0.355 e. The number of carboxylic acids is 1. The molecule has 2 aromatic rings. The highest BCUT2D eigenvalue weighted by Gasteiger charge is 2.14. The van der Waals surface area contributed by atoms with Crippen LogP contribution < -0.4 is 5.73 Å². The lowest BCUT2D eigenvalue weighted by atomic mass is 10.1. The number of aromatic nitrogens is 1. The highest BCUT2D eigenvalue weighted by Crippen LogP contribution is 2.14. The Labute approximate surface area is 121 Å². The molecule has 0 fully saturated rings. The van der Waals surface area contributed by atoms with Crippen LogP contribution in [0.2, 0.25) is 0 Å². The standard InChI is InChI=1S/C15H16N2O4/c1-17-8-12(16)7-13(17)15(20)21-9-11-5-3-2-4-10(11)6-14(18)19/h2-5,7-8H,6,9,16H2,1H3,(H,18,19). The lowest BCUT2D eigenvalue weighted by Gasteiger charge is -2.09. The van der Waals surface area contributed by atoms with Gasteiger partial charge in [0.05, 0.1) is 12.1 Å². The number of benzene rings is 1. The Balaban J connectivity index is 2.08. The average Bonchev–Trinajstić information content (AvgIpc) is 2.76. The predicted molar refractivity (Wildman–Crippen MR) is 76.7 cm³/mol. The molecule has 1 aromatic heterocycles. The van der Waals surface area contributed by atoms with Crippen molar-refractivity contribution in [1.29, 1.82) is 0 Å². The summed E-state index contributed by atoms with van der Waals surface area (Å²) >= 11 is 0. The van der Waals surface area contributed by atoms with Gasteiger partial charge < -0.3 is 20.1 Å². The number of nitrogens with two attached hydrogens (primary N) is 1. The van der Waals surface area contributed by atoms with Gasteiger partial charge in [-0.15, -0.1) is 0 Å². The van der Waals surface area contributed by atoms with Crippen molar-refractivity contribution in [3.05, 3.63) is 53.3 Å². The first kappa shape index (κ1) is 14.6. The van der Waals surface area contributed by atoms with Crippen molar-refractivity contribution in [2.75, 3.05) is 5.73 Å². The zero-order valence-electron chi connectivity index (χ0n) is 11.6. The summed E-state index contributed by atoms with van der Waals surface area (Å²) in [5, 5.41) is 8.86. The highest BCUT2D eigenvalue weighted by atomic mass is 16.5. The maximum atomic E-state index is 12.0. The molecule has 0 amide bonds. The molecule has 110 valence electrons. The fraction of sp³-hybridized carbons (Fsp3) is 0.200. The van der Waals surface area contributed by atoms with E-state index >= 15 is 0 Å². The Bertz CT molecular complexity index is 676. The van der Waals surface area contributed by atoms with Gasteiger partial charge in [0.2, 0.25) is 0 Å². The van der Waals surface area contributed by atoms with Gasteiger partial charge in [-0.1, -0.05) is 24.3 Å². The van der Waals surface area contributed by atoms with E-state index in [0.29, 0.717) is 22.5 Å². The lowest BCUT2D eigenvalue weighted by Crippen LogP contribution is -2.11. The van der Waals surface area contributed by atoms with Crippen molar-refractivity contribution in [2.45, 2.75) is 13.0 Å². The highest BCUT2D eigenvalue weighted by molar-refractivity contribution is 5.89. The van der Waals surface area contributed by atoms with E-state index in [1.165, 1.54) is 6.07 Å². The Kier molecular flexibility index (Phi) is 4.27. The van der Waals surface area contributed by atoms with Gasteiger partial charge in [-0.2, -0.15) is 0 Å². The average molecular weight is 288 g/mol. The molecule has 0 spiro atoms. The van der Waals surface area contributed by atoms with Gasteiger partial charge in [0.15, 0.2) is 0 Å². The molecule has 6 heteroatoms. The summed E-state index contributed by atoms with van der Waals surface area (Å²) in [6.45, 7) is 0.0212. The lowest BCUT2D eigenvalue weighted by molar-refractivity contribution is -0.136. The molecular formula is C15H16N2O4. The first-order chi connectivity index (χ1) is 9.97. The summed E-state index contributed by atoms with van der Waals surface area (Å²) in [6, 6.07) is 8.50. The van der Waals surface area contributed by atoms with Gasteiger partial charge >= 0.3 is 11.9 Å². The van der Waals surface area contributed by atoms with Gasteiger partial charge in [-0.3, -0.25) is 4.79 Å². The molecule has 0 saturated heterocycles. The Morgan fingerprint density at radius 3 is 2.52 bits per heavy atom. The predicted octanol–water partition coefficient (Wildman–Crippen LogP) is 1.59. The summed E-state index contributed by atoms with van der Waals surface area (Å²) < 4.78 is 6.81. The largest absolute Gasteiger partial charge is 0.481 e. The summed E-state index contributed by atoms with van der Waals surface area (Å²) in [5.41, 5.74) is 7.75. The van der Waals surface area contributed by atoms with Crippen molar-refractivity contribution < 1.29 is 19.4 Å². The van der Waals surface area contributed by atoms with Crippen LogP contribution in [-0.4, -0.2) is 21.6 Å². The van der Waals surface area contributed by atoms with E-state index in [4.69, 9.17) is 15.6 Å². The zero-order chi connectivity index (χ0) is 15.4. The second-order valence-corrected chi connectivity index (χ2v) is 4.68. The summed E-state index contributed by atoms with van der Waals surface area (Å²) in [7, 11) is 1.70. The third-order valence-electron chi connectivity index (χ3n) is 3.05. The number of esters is 1. The van der Waals surface area contributed by atoms with Crippen LogP contribution in [0.15, 0.2) is 36.5 Å². The number of anilines is 1. The van der Waals surface area contributed by atoms with E-state index in [1.807, 2.05) is 0 Å². The normalized spacial score (nSPS) is 10.3. The number of nitrogen functional groups attached to an aromatic ring is 1. The third-order valence-corrected chi connectivity index (χ3v) is 3.05. The number of hydrogen-bond acceptors (Lipinski definition) is 4. The molecule has 0 saturated carbocycles. The van der Waals surface area contributed by atoms with E-state index in [-0.39, 0.29) is 13.0 Å². The summed E-state index contributed by atoms with van der Waals surface area (Å²) in [4.78, 5) is 22.8. The van der Waals surface area contributed by atoms with Crippen LogP contribution in [0.1, 0.15) is 21.6 Å². The molecule has 0 bridgehead atoms. The molecule has 0 aliphatic carbocycles. The first-order valence-corrected chi connectivity index (χ1v) is 6.35. The van der Waals surface area contributed by atoms with Crippen molar-refractivity contribution in [2.24, 2.45) is 7.05 Å². The van der Waals surface area contributed by atoms with E-state index in [0.717, 1.165) is 0 Å². The van der Waals surface area contributed by atoms with E-state index in [1.54, 1.807) is 42.1 Å². The second-order valence-electron chi connectivity index (χ2n) is 4.68. The molecule has 1 heterocycles. The van der Waals surface area contributed by atoms with Crippen LogP contribution in [0, 0.1) is 0 Å². The molecule has 1 aromatic carbocycles. The van der Waals surface area contributed by atoms with Crippen molar-refractivity contribution in [3.8, 4) is 0 Å². The molecular weight excluding hydrogens is 272 g/mol. The van der Waals surface area contributed by atoms with Crippen LogP contribution in [0.5, 0.6) is 0 Å². The number of aliphatic carboxylic acids is 1. The van der Waals surface area contributed by atoms with Crippen LogP contribution >= 0.6 is 0 Å². The molecule has 0 aliphatic heterocycles. The molecule has 0 aliphatic rings. The molecule has 3 N–H and O–H groups in total. The number of hydrogen-bond donors (Lipinski definition) is 2. The minimum absolute atomic E-state index is 0.0212. The van der Waals surface area contributed by atoms with E-state index < -0.39 is 11.9 Å². The fourth-order valence-electron chi connectivity index (χ4n) is 2.04. The number of aryl methyl sites for hydroxylation is 1. The van der Waals surface area contributed by atoms with Crippen LogP contribution in [0.3, 0.4) is 0 Å². The van der Waals surface area contributed by atoms with Crippen molar-refractivity contribution in [1.82, 2.24) is 4.57 Å². The number of carbonyl (C=O) groups is 2. The Hall–Kier alpha value is -2.76. The molecule has 0 radical (unpaired) electrons. The molecule has 0 atom stereocenters. The number of carboxylic acid groups (broad SMARTS) is 1. The van der Waals surface area contributed by atoms with Gasteiger partial charge in [0.25, 0.3) is 0 Å². The topological polar surface area (TPSA) is 94.5 Å². The van der Waals surface area contributed by atoms with E-state index in [9.17, 15) is 9.59 Å². The third kappa shape index (κ3) is 3.62. The van der Waals surface area contributed by atoms with Crippen molar-refractivity contribution in [3.63, 3.8) is 0 Å². The number of rotatable bonds is 5. The minimum atomic E-state index is -0.927. The Morgan fingerprint density at radius 1 is 1.29 bits per heavy atom. The number of carbonyl (C=O) groups excluding carboxylic acids is 1. The zero-order valence-corrected chi connectivity index (χ0v) is 11.6. The molecule has 21 heavy (non-hydrogen) atoms. The monoisotopic (exact) mass is 288 g/mol. The maximum absolute atomic E-state index is 12.0. The van der Waals surface area contributed by atoms with Crippen LogP contribution in [0.4, 0.5) is 5.69 Å². The number of ether oxygens (including phenoxy) is 1. The summed E-state index contributed by atoms with van der Waals surface area (Å²) in [5.74, 6) is -1.43. The van der Waals surface area contributed by atoms with E-state index in [2.05, 4.69) is 0 Å².